The van der Waals surface area contributed by atoms with Gasteiger partial charge in [-0.2, -0.15) is 0 Å². The van der Waals surface area contributed by atoms with Crippen molar-refractivity contribution in [1.82, 2.24) is 9.47 Å². The standard InChI is InChI=1S/C26H26F2N4O2S/c1-25(2)16-32-20-15-31(14-17-10-12-18(13-11-17)26(3,27)28)23(35(34)19-8-6-5-7-9-19)21(20)22(33)30(4)24(32)29-25/h5-13,15H,14,16H2,1-4H3. The van der Waals surface area contributed by atoms with Crippen molar-refractivity contribution in [3.63, 3.8) is 0 Å². The lowest BCUT2D eigenvalue weighted by Crippen LogP contribution is -2.48. The first-order valence-corrected chi connectivity index (χ1v) is 12.4. The summed E-state index contributed by atoms with van der Waals surface area (Å²) in [5.41, 5.74) is 1.34. The summed E-state index contributed by atoms with van der Waals surface area (Å²) in [6.45, 7) is 5.72. The molecular weight excluding hydrogens is 470 g/mol. The first-order valence-electron chi connectivity index (χ1n) is 11.3. The molecule has 1 amide bonds. The minimum absolute atomic E-state index is 0.0712. The second-order valence-corrected chi connectivity index (χ2v) is 11.1. The van der Waals surface area contributed by atoms with E-state index >= 15 is 0 Å². The highest BCUT2D eigenvalue weighted by molar-refractivity contribution is 7.91. The zero-order valence-electron chi connectivity index (χ0n) is 20.0. The Kier molecular flexibility index (Phi) is 5.52. The van der Waals surface area contributed by atoms with Crippen LogP contribution in [0, 0.1) is 0 Å². The highest BCUT2D eigenvalue weighted by Gasteiger charge is 2.46. The number of carbonyl (C=O) groups excluding carboxylic acids is 1. The second kappa shape index (κ2) is 8.20. The van der Waals surface area contributed by atoms with E-state index in [2.05, 4.69) is 0 Å². The molecule has 0 spiro atoms. The predicted molar refractivity (Wildman–Crippen MR) is 132 cm³/mol. The van der Waals surface area contributed by atoms with Crippen molar-refractivity contribution in [3.8, 4) is 0 Å². The molecule has 9 heteroatoms. The van der Waals surface area contributed by atoms with Crippen molar-refractivity contribution < 1.29 is 18.1 Å². The third-order valence-electron chi connectivity index (χ3n) is 6.25. The fourth-order valence-corrected chi connectivity index (χ4v) is 5.87. The number of alkyl halides is 2. The predicted octanol–water partition coefficient (Wildman–Crippen LogP) is 4.86. The molecule has 1 unspecified atom stereocenters. The zero-order chi connectivity index (χ0) is 25.1. The molecule has 5 rings (SSSR count). The number of halogens is 2. The maximum absolute atomic E-state index is 13.8. The van der Waals surface area contributed by atoms with E-state index in [4.69, 9.17) is 4.99 Å². The SMILES string of the molecule is CN1C(=O)c2c(cn(Cc3ccc(C(C)(F)F)cc3)c2[S+]([O-])c2ccccc2)N2CC(C)(C)N=C12. The van der Waals surface area contributed by atoms with Gasteiger partial charge in [0.25, 0.3) is 11.8 Å². The number of rotatable bonds is 5. The van der Waals surface area contributed by atoms with Crippen molar-refractivity contribution in [2.45, 2.75) is 48.7 Å². The molecule has 2 aliphatic heterocycles. The van der Waals surface area contributed by atoms with E-state index in [1.165, 1.54) is 17.0 Å². The Balaban J connectivity index is 1.64. The fourth-order valence-electron chi connectivity index (χ4n) is 4.53. The maximum atomic E-state index is 13.8. The van der Waals surface area contributed by atoms with Gasteiger partial charge in [0.15, 0.2) is 4.90 Å². The first-order chi connectivity index (χ1) is 16.5. The summed E-state index contributed by atoms with van der Waals surface area (Å²) in [6.07, 6.45) is 1.83. The van der Waals surface area contributed by atoms with Crippen LogP contribution in [0.1, 0.15) is 42.3 Å². The molecule has 1 aromatic heterocycles. The van der Waals surface area contributed by atoms with Crippen LogP contribution in [0.3, 0.4) is 0 Å². The number of aromatic nitrogens is 1. The number of fused-ring (bicyclic) bond motifs is 3. The van der Waals surface area contributed by atoms with E-state index in [0.29, 0.717) is 33.7 Å². The van der Waals surface area contributed by atoms with E-state index in [9.17, 15) is 18.1 Å². The van der Waals surface area contributed by atoms with Crippen LogP contribution >= 0.6 is 0 Å². The molecule has 0 aliphatic carbocycles. The van der Waals surface area contributed by atoms with Gasteiger partial charge in [0, 0.05) is 36.9 Å². The van der Waals surface area contributed by atoms with Gasteiger partial charge in [0.1, 0.15) is 5.56 Å². The number of aliphatic imine (C=N–C) groups is 1. The van der Waals surface area contributed by atoms with Crippen LogP contribution in [0.25, 0.3) is 0 Å². The topological polar surface area (TPSA) is 63.9 Å². The summed E-state index contributed by atoms with van der Waals surface area (Å²) >= 11 is -1.64. The van der Waals surface area contributed by atoms with Crippen LogP contribution in [0.15, 0.2) is 75.7 Å². The van der Waals surface area contributed by atoms with Crippen molar-refractivity contribution >= 4 is 28.7 Å². The van der Waals surface area contributed by atoms with Crippen LogP contribution < -0.4 is 4.90 Å². The van der Waals surface area contributed by atoms with Gasteiger partial charge in [-0.3, -0.25) is 9.69 Å². The van der Waals surface area contributed by atoms with Crippen LogP contribution in [0.5, 0.6) is 0 Å². The lowest BCUT2D eigenvalue weighted by Gasteiger charge is -2.31. The van der Waals surface area contributed by atoms with E-state index < -0.39 is 17.1 Å². The largest absolute Gasteiger partial charge is 0.605 e. The van der Waals surface area contributed by atoms with Crippen molar-refractivity contribution in [2.75, 3.05) is 18.5 Å². The van der Waals surface area contributed by atoms with Gasteiger partial charge in [0.05, 0.1) is 24.3 Å². The lowest BCUT2D eigenvalue weighted by atomic mass is 10.1. The van der Waals surface area contributed by atoms with Gasteiger partial charge in [-0.25, -0.2) is 13.8 Å². The van der Waals surface area contributed by atoms with Gasteiger partial charge in [-0.15, -0.1) is 0 Å². The Morgan fingerprint density at radius 3 is 2.40 bits per heavy atom. The summed E-state index contributed by atoms with van der Waals surface area (Å²) in [7, 11) is 1.68. The molecule has 0 saturated heterocycles. The minimum atomic E-state index is -2.93. The quantitative estimate of drug-likeness (QED) is 0.474. The average Bonchev–Trinajstić information content (AvgIpc) is 3.34. The number of guanidine groups is 1. The maximum Gasteiger partial charge on any atom is 0.270 e. The number of amides is 1. The summed E-state index contributed by atoms with van der Waals surface area (Å²) in [5.74, 6) is -2.64. The highest BCUT2D eigenvalue weighted by atomic mass is 32.2. The molecule has 0 bridgehead atoms. The Labute approximate surface area is 206 Å². The highest BCUT2D eigenvalue weighted by Crippen LogP contribution is 2.41. The Bertz CT molecular complexity index is 1310. The number of anilines is 1. The molecule has 0 saturated carbocycles. The number of hydrogen-bond acceptors (Lipinski definition) is 4. The number of benzene rings is 2. The molecular formula is C26H26F2N4O2S. The van der Waals surface area contributed by atoms with E-state index in [0.717, 1.165) is 12.5 Å². The van der Waals surface area contributed by atoms with Gasteiger partial charge < -0.3 is 14.0 Å². The van der Waals surface area contributed by atoms with E-state index in [1.807, 2.05) is 31.0 Å². The van der Waals surface area contributed by atoms with Gasteiger partial charge in [-0.1, -0.05) is 42.5 Å². The summed E-state index contributed by atoms with van der Waals surface area (Å²) in [6, 6.07) is 15.1. The average molecular weight is 497 g/mol. The molecule has 1 atom stereocenters. The Morgan fingerprint density at radius 1 is 1.11 bits per heavy atom. The molecule has 2 aromatic carbocycles. The summed E-state index contributed by atoms with van der Waals surface area (Å²) in [4.78, 5) is 22.3. The Morgan fingerprint density at radius 2 is 1.77 bits per heavy atom. The molecule has 2 aliphatic rings. The molecule has 0 fully saturated rings. The normalized spacial score (nSPS) is 17.8. The van der Waals surface area contributed by atoms with E-state index in [1.54, 1.807) is 48.0 Å². The molecule has 35 heavy (non-hydrogen) atoms. The number of hydrogen-bond donors (Lipinski definition) is 0. The van der Waals surface area contributed by atoms with Crippen LogP contribution in [0.4, 0.5) is 14.5 Å². The number of carbonyl (C=O) groups is 1. The molecule has 0 radical (unpaired) electrons. The lowest BCUT2D eigenvalue weighted by molar-refractivity contribution is 0.0174. The Hall–Kier alpha value is -3.17. The minimum Gasteiger partial charge on any atom is -0.605 e. The molecule has 182 valence electrons. The first kappa shape index (κ1) is 23.6. The van der Waals surface area contributed by atoms with Crippen LogP contribution in [0.2, 0.25) is 0 Å². The summed E-state index contributed by atoms with van der Waals surface area (Å²) in [5, 5.41) is 0.386. The van der Waals surface area contributed by atoms with Gasteiger partial charge >= 0.3 is 0 Å². The smallest absolute Gasteiger partial charge is 0.270 e. The third kappa shape index (κ3) is 4.12. The fraction of sp³-hybridized carbons (Fsp3) is 0.308. The van der Waals surface area contributed by atoms with Gasteiger partial charge in [0.2, 0.25) is 11.0 Å². The second-order valence-electron chi connectivity index (χ2n) is 9.66. The molecule has 0 N–H and O–H groups in total. The third-order valence-corrected chi connectivity index (χ3v) is 7.74. The van der Waals surface area contributed by atoms with Crippen LogP contribution in [-0.2, 0) is 23.6 Å². The van der Waals surface area contributed by atoms with Gasteiger partial charge in [-0.05, 0) is 31.5 Å². The zero-order valence-corrected chi connectivity index (χ0v) is 20.8. The van der Waals surface area contributed by atoms with Crippen molar-refractivity contribution in [2.24, 2.45) is 4.99 Å². The van der Waals surface area contributed by atoms with Crippen molar-refractivity contribution in [1.29, 1.82) is 0 Å². The number of nitrogens with zero attached hydrogens (tertiary/aromatic N) is 4. The van der Waals surface area contributed by atoms with E-state index in [-0.39, 0.29) is 23.6 Å². The monoisotopic (exact) mass is 496 g/mol. The van der Waals surface area contributed by atoms with Crippen LogP contribution in [-0.4, -0.2) is 45.0 Å². The molecule has 3 aromatic rings. The van der Waals surface area contributed by atoms with Crippen molar-refractivity contribution in [3.05, 3.63) is 77.5 Å². The molecule has 6 nitrogen and oxygen atoms in total. The summed E-state index contributed by atoms with van der Waals surface area (Å²) < 4.78 is 43.0. The molecule has 3 heterocycles.